The van der Waals surface area contributed by atoms with Crippen LogP contribution in [-0.2, 0) is 4.79 Å². The maximum absolute atomic E-state index is 11.1. The lowest BCUT2D eigenvalue weighted by molar-refractivity contribution is -0.117. The van der Waals surface area contributed by atoms with Gasteiger partial charge in [0.1, 0.15) is 5.69 Å². The summed E-state index contributed by atoms with van der Waals surface area (Å²) in [5.74, 6) is -0.563. The van der Waals surface area contributed by atoms with Gasteiger partial charge in [-0.15, -0.1) is 10.2 Å². The van der Waals surface area contributed by atoms with Crippen LogP contribution >= 0.6 is 80.6 Å². The molecular weight excluding hydrogens is 468 g/mol. The van der Waals surface area contributed by atoms with Crippen molar-refractivity contribution < 1.29 is 4.79 Å². The molecular formula is C10H6Cl5IN2O. The van der Waals surface area contributed by atoms with Crippen molar-refractivity contribution in [2.75, 3.05) is 0 Å². The molecule has 1 aromatic rings. The summed E-state index contributed by atoms with van der Waals surface area (Å²) in [5, 5.41) is 8.21. The zero-order chi connectivity index (χ0) is 15.0. The molecule has 0 spiro atoms. The molecule has 0 fully saturated rings. The average molecular weight is 474 g/mol. The fraction of sp³-hybridized carbons (Fsp3) is 0.300. The number of halogens is 6. The number of nitrogens with zero attached hydrogens (tertiary/aromatic N) is 2. The lowest BCUT2D eigenvalue weighted by Crippen LogP contribution is -2.19. The number of hydrogen-bond acceptors (Lipinski definition) is 3. The van der Waals surface area contributed by atoms with Crippen molar-refractivity contribution in [1.82, 2.24) is 0 Å². The van der Waals surface area contributed by atoms with E-state index >= 15 is 0 Å². The number of rotatable bonds is 3. The van der Waals surface area contributed by atoms with Gasteiger partial charge in [-0.05, 0) is 42.0 Å². The van der Waals surface area contributed by atoms with Crippen molar-refractivity contribution in [2.24, 2.45) is 10.2 Å². The van der Waals surface area contributed by atoms with E-state index in [2.05, 4.69) is 10.2 Å². The van der Waals surface area contributed by atoms with Crippen LogP contribution < -0.4 is 0 Å². The highest BCUT2D eigenvalue weighted by molar-refractivity contribution is 14.1. The highest BCUT2D eigenvalue weighted by Crippen LogP contribution is 2.44. The van der Waals surface area contributed by atoms with Crippen LogP contribution in [0.4, 0.5) is 5.69 Å². The van der Waals surface area contributed by atoms with Gasteiger partial charge in [-0.25, -0.2) is 0 Å². The molecule has 0 bridgehead atoms. The fourth-order valence-electron chi connectivity index (χ4n) is 1.01. The molecule has 3 nitrogen and oxygen atoms in total. The zero-order valence-electron chi connectivity index (χ0n) is 9.57. The van der Waals surface area contributed by atoms with E-state index in [0.717, 1.165) is 0 Å². The van der Waals surface area contributed by atoms with Gasteiger partial charge in [0, 0.05) is 0 Å². The maximum atomic E-state index is 11.1. The highest BCUT2D eigenvalue weighted by atomic mass is 127. The quantitative estimate of drug-likeness (QED) is 0.126. The SMILES string of the molecule is CC(=O)C(Cl)(Cl)/N=N/c1c(Cl)c(C)c(Cl)c(I)c1Cl. The number of carbonyl (C=O) groups is 1. The van der Waals surface area contributed by atoms with E-state index in [9.17, 15) is 4.79 Å². The Kier molecular flexibility index (Phi) is 6.18. The molecule has 1 rings (SSSR count). The topological polar surface area (TPSA) is 41.8 Å². The molecule has 0 N–H and O–H groups in total. The van der Waals surface area contributed by atoms with E-state index < -0.39 is 10.2 Å². The molecule has 0 saturated carbocycles. The number of carbonyl (C=O) groups excluding carboxylic acids is 1. The van der Waals surface area contributed by atoms with Gasteiger partial charge in [0.15, 0.2) is 5.78 Å². The lowest BCUT2D eigenvalue weighted by Gasteiger charge is -2.11. The normalized spacial score (nSPS) is 12.2. The number of azo groups is 1. The average Bonchev–Trinajstić information content (AvgIpc) is 2.33. The van der Waals surface area contributed by atoms with Crippen molar-refractivity contribution in [1.29, 1.82) is 0 Å². The molecule has 9 heteroatoms. The largest absolute Gasteiger partial charge is 0.294 e. The van der Waals surface area contributed by atoms with Crippen molar-refractivity contribution in [3.05, 3.63) is 24.2 Å². The van der Waals surface area contributed by atoms with E-state index in [1.54, 1.807) is 6.92 Å². The molecule has 104 valence electrons. The fourth-order valence-corrected chi connectivity index (χ4v) is 2.53. The lowest BCUT2D eigenvalue weighted by atomic mass is 10.2. The van der Waals surface area contributed by atoms with Crippen LogP contribution in [0, 0.1) is 10.5 Å². The maximum Gasteiger partial charge on any atom is 0.285 e. The standard InChI is InChI=1S/C10H6Cl5IN2O/c1-3-5(11)8(16)7(13)9(6(3)12)17-18-10(14,15)4(2)19/h1-2H3/b18-17+. The monoisotopic (exact) mass is 472 g/mol. The van der Waals surface area contributed by atoms with E-state index in [1.165, 1.54) is 6.92 Å². The molecule has 1 aromatic carbocycles. The van der Waals surface area contributed by atoms with Gasteiger partial charge >= 0.3 is 0 Å². The van der Waals surface area contributed by atoms with E-state index in [-0.39, 0.29) is 15.7 Å². The third kappa shape index (κ3) is 3.86. The molecule has 0 aliphatic heterocycles. The Morgan fingerprint density at radius 1 is 1.16 bits per heavy atom. The molecule has 0 aromatic heterocycles. The number of alkyl halides is 2. The van der Waals surface area contributed by atoms with Crippen LogP contribution in [-0.4, -0.2) is 10.2 Å². The third-order valence-electron chi connectivity index (χ3n) is 2.16. The van der Waals surface area contributed by atoms with Crippen LogP contribution in [0.15, 0.2) is 10.2 Å². The molecule has 0 atom stereocenters. The Hall–Kier alpha value is 0.670. The number of ketones is 1. The van der Waals surface area contributed by atoms with Gasteiger partial charge in [0.2, 0.25) is 0 Å². The summed E-state index contributed by atoms with van der Waals surface area (Å²) in [4.78, 5) is 11.1. The first-order valence-electron chi connectivity index (χ1n) is 4.74. The second-order valence-electron chi connectivity index (χ2n) is 3.53. The van der Waals surface area contributed by atoms with Gasteiger partial charge in [-0.2, -0.15) is 0 Å². The Morgan fingerprint density at radius 2 is 1.68 bits per heavy atom. The van der Waals surface area contributed by atoms with Gasteiger partial charge in [-0.1, -0.05) is 58.0 Å². The van der Waals surface area contributed by atoms with Crippen molar-refractivity contribution in [2.45, 2.75) is 18.3 Å². The molecule has 0 heterocycles. The van der Waals surface area contributed by atoms with Gasteiger partial charge in [-0.3, -0.25) is 4.79 Å². The molecule has 0 aliphatic carbocycles. The summed E-state index contributed by atoms with van der Waals surface area (Å²) < 4.78 is -1.39. The van der Waals surface area contributed by atoms with Crippen molar-refractivity contribution in [3.63, 3.8) is 0 Å². The molecule has 0 aliphatic rings. The van der Waals surface area contributed by atoms with Crippen LogP contribution in [0.2, 0.25) is 15.1 Å². The molecule has 0 radical (unpaired) electrons. The predicted octanol–water partition coefficient (Wildman–Crippen LogP) is 6.36. The minimum absolute atomic E-state index is 0.168. The minimum Gasteiger partial charge on any atom is -0.294 e. The first kappa shape index (κ1) is 17.7. The Balaban J connectivity index is 3.38. The first-order valence-corrected chi connectivity index (χ1v) is 7.70. The Morgan fingerprint density at radius 3 is 2.16 bits per heavy atom. The number of hydrogen-bond donors (Lipinski definition) is 0. The van der Waals surface area contributed by atoms with Crippen LogP contribution in [0.25, 0.3) is 0 Å². The van der Waals surface area contributed by atoms with Crippen LogP contribution in [0.5, 0.6) is 0 Å². The van der Waals surface area contributed by atoms with Crippen molar-refractivity contribution in [3.8, 4) is 0 Å². The van der Waals surface area contributed by atoms with E-state index in [4.69, 9.17) is 58.0 Å². The summed E-state index contributed by atoms with van der Waals surface area (Å²) in [5.41, 5.74) is 0.769. The first-order chi connectivity index (χ1) is 8.59. The van der Waals surface area contributed by atoms with E-state index in [1.807, 2.05) is 22.6 Å². The van der Waals surface area contributed by atoms with Crippen LogP contribution in [0.1, 0.15) is 12.5 Å². The summed E-state index contributed by atoms with van der Waals surface area (Å²) in [6.07, 6.45) is 0. The minimum atomic E-state index is -1.97. The van der Waals surface area contributed by atoms with E-state index in [0.29, 0.717) is 14.2 Å². The van der Waals surface area contributed by atoms with Gasteiger partial charge < -0.3 is 0 Å². The number of Topliss-reactive ketones (excluding diaryl/α,β-unsaturated/α-hetero) is 1. The zero-order valence-corrected chi connectivity index (χ0v) is 15.5. The molecule has 0 saturated heterocycles. The second-order valence-corrected chi connectivity index (χ2v) is 7.03. The summed E-state index contributed by atoms with van der Waals surface area (Å²) in [7, 11) is 0. The Bertz CT molecular complexity index is 545. The van der Waals surface area contributed by atoms with Gasteiger partial charge in [0.05, 0.1) is 18.6 Å². The Labute approximate surface area is 148 Å². The second kappa shape index (κ2) is 6.62. The third-order valence-corrected chi connectivity index (χ3v) is 5.86. The number of benzene rings is 1. The smallest absolute Gasteiger partial charge is 0.285 e. The van der Waals surface area contributed by atoms with Gasteiger partial charge in [0.25, 0.3) is 4.46 Å². The summed E-state index contributed by atoms with van der Waals surface area (Å²) >= 11 is 31.5. The molecule has 19 heavy (non-hydrogen) atoms. The highest BCUT2D eigenvalue weighted by Gasteiger charge is 2.30. The summed E-state index contributed by atoms with van der Waals surface area (Å²) in [6.45, 7) is 2.90. The molecule has 0 unspecified atom stereocenters. The van der Waals surface area contributed by atoms with Crippen molar-refractivity contribution >= 4 is 92.1 Å². The van der Waals surface area contributed by atoms with Crippen LogP contribution in [0.3, 0.4) is 0 Å². The predicted molar refractivity (Wildman–Crippen MR) is 88.6 cm³/mol. The summed E-state index contributed by atoms with van der Waals surface area (Å²) in [6, 6.07) is 0. The molecule has 0 amide bonds.